The molecule has 28 heavy (non-hydrogen) atoms. The van der Waals surface area contributed by atoms with E-state index in [0.717, 1.165) is 6.21 Å². The van der Waals surface area contributed by atoms with Crippen LogP contribution in [0.4, 0.5) is 5.69 Å². The lowest BCUT2D eigenvalue weighted by Crippen LogP contribution is -2.58. The fourth-order valence-corrected chi connectivity index (χ4v) is 3.25. The first-order valence-corrected chi connectivity index (χ1v) is 8.65. The second kappa shape index (κ2) is 6.78. The van der Waals surface area contributed by atoms with E-state index in [4.69, 9.17) is 12.2 Å². The first-order chi connectivity index (χ1) is 13.5. The predicted octanol–water partition coefficient (Wildman–Crippen LogP) is 1.33. The van der Waals surface area contributed by atoms with Crippen LogP contribution in [-0.4, -0.2) is 40.0 Å². The van der Waals surface area contributed by atoms with Crippen LogP contribution in [0.2, 0.25) is 0 Å². The highest BCUT2D eigenvalue weighted by Gasteiger charge is 2.40. The van der Waals surface area contributed by atoms with Crippen LogP contribution in [0.1, 0.15) is 20.7 Å². The Morgan fingerprint density at radius 1 is 0.893 bits per heavy atom. The van der Waals surface area contributed by atoms with Gasteiger partial charge in [0.2, 0.25) is 5.91 Å². The van der Waals surface area contributed by atoms with Crippen molar-refractivity contribution in [2.75, 3.05) is 4.90 Å². The van der Waals surface area contributed by atoms with Gasteiger partial charge in [-0.1, -0.05) is 30.3 Å². The molecule has 2 heterocycles. The van der Waals surface area contributed by atoms with E-state index in [1.54, 1.807) is 42.5 Å². The van der Waals surface area contributed by atoms with Gasteiger partial charge in [-0.05, 0) is 36.5 Å². The second-order valence-electron chi connectivity index (χ2n) is 6.01. The number of anilines is 1. The molecular weight excluding hydrogens is 380 g/mol. The standard InChI is InChI=1S/C19H12N4O4S/c24-15-14(16(25)22(19(28)21-15)11-6-2-1-3-7-11)10-20-23-17(26)12-8-4-5-9-13(12)18(23)27/h1-10,14H,(H,21,24,28)/b20-10-/t14-/m1/s1. The summed E-state index contributed by atoms with van der Waals surface area (Å²) >= 11 is 5.10. The maximum Gasteiger partial charge on any atom is 0.282 e. The smallest absolute Gasteiger partial charge is 0.282 e. The van der Waals surface area contributed by atoms with Gasteiger partial charge in [-0.3, -0.25) is 24.1 Å². The fourth-order valence-electron chi connectivity index (χ4n) is 2.96. The molecule has 2 aromatic rings. The third-order valence-electron chi connectivity index (χ3n) is 4.32. The number of rotatable bonds is 3. The lowest BCUT2D eigenvalue weighted by Gasteiger charge is -2.30. The van der Waals surface area contributed by atoms with Crippen molar-refractivity contribution >= 4 is 52.9 Å². The molecule has 0 radical (unpaired) electrons. The number of hydrogen-bond acceptors (Lipinski definition) is 6. The first kappa shape index (κ1) is 17.7. The average Bonchev–Trinajstić information content (AvgIpc) is 2.93. The summed E-state index contributed by atoms with van der Waals surface area (Å²) in [5.41, 5.74) is 0.920. The predicted molar refractivity (Wildman–Crippen MR) is 104 cm³/mol. The average molecular weight is 392 g/mol. The van der Waals surface area contributed by atoms with Crippen molar-refractivity contribution in [3.63, 3.8) is 0 Å². The largest absolute Gasteiger partial charge is 0.301 e. The Morgan fingerprint density at radius 2 is 1.46 bits per heavy atom. The van der Waals surface area contributed by atoms with Gasteiger partial charge >= 0.3 is 0 Å². The van der Waals surface area contributed by atoms with E-state index < -0.39 is 29.5 Å². The zero-order chi connectivity index (χ0) is 19.8. The number of carbonyl (C=O) groups excluding carboxylic acids is 4. The van der Waals surface area contributed by atoms with Gasteiger partial charge in [0, 0.05) is 6.21 Å². The van der Waals surface area contributed by atoms with Gasteiger partial charge in [-0.15, -0.1) is 0 Å². The second-order valence-corrected chi connectivity index (χ2v) is 6.40. The molecule has 2 aliphatic heterocycles. The molecule has 4 amide bonds. The van der Waals surface area contributed by atoms with Crippen LogP contribution in [0, 0.1) is 5.92 Å². The molecule has 9 heteroatoms. The topological polar surface area (TPSA) is 99.2 Å². The minimum Gasteiger partial charge on any atom is -0.301 e. The Labute approximate surface area is 164 Å². The summed E-state index contributed by atoms with van der Waals surface area (Å²) in [6, 6.07) is 14.9. The van der Waals surface area contributed by atoms with E-state index in [2.05, 4.69) is 10.4 Å². The van der Waals surface area contributed by atoms with E-state index in [1.807, 2.05) is 0 Å². The number of hydrazone groups is 1. The van der Waals surface area contributed by atoms with Gasteiger partial charge in [-0.25, -0.2) is 0 Å². The maximum absolute atomic E-state index is 12.8. The number of fused-ring (bicyclic) bond motifs is 1. The molecule has 8 nitrogen and oxygen atoms in total. The summed E-state index contributed by atoms with van der Waals surface area (Å²) in [6.07, 6.45) is 0.983. The van der Waals surface area contributed by atoms with Gasteiger partial charge in [0.1, 0.15) is 0 Å². The van der Waals surface area contributed by atoms with Gasteiger partial charge in [-0.2, -0.15) is 10.1 Å². The van der Waals surface area contributed by atoms with Gasteiger partial charge in [0.05, 0.1) is 16.8 Å². The lowest BCUT2D eigenvalue weighted by molar-refractivity contribution is -0.130. The van der Waals surface area contributed by atoms with Crippen molar-refractivity contribution < 1.29 is 19.2 Å². The molecule has 0 aromatic heterocycles. The molecule has 0 saturated carbocycles. The van der Waals surface area contributed by atoms with E-state index in [1.165, 1.54) is 17.0 Å². The normalized spacial score (nSPS) is 19.4. The van der Waals surface area contributed by atoms with Crippen LogP contribution in [0.5, 0.6) is 0 Å². The number of nitrogens with zero attached hydrogens (tertiary/aromatic N) is 3. The molecule has 2 aromatic carbocycles. The molecule has 4 rings (SSSR count). The molecule has 0 unspecified atom stereocenters. The van der Waals surface area contributed by atoms with Crippen molar-refractivity contribution in [1.82, 2.24) is 10.3 Å². The lowest BCUT2D eigenvalue weighted by atomic mass is 10.1. The highest BCUT2D eigenvalue weighted by molar-refractivity contribution is 7.80. The van der Waals surface area contributed by atoms with Gasteiger partial charge in [0.25, 0.3) is 17.7 Å². The molecule has 1 N–H and O–H groups in total. The van der Waals surface area contributed by atoms with Crippen molar-refractivity contribution in [2.24, 2.45) is 11.0 Å². The summed E-state index contributed by atoms with van der Waals surface area (Å²) in [5.74, 6) is -3.87. The third kappa shape index (κ3) is 2.78. The molecule has 138 valence electrons. The highest BCUT2D eigenvalue weighted by Crippen LogP contribution is 2.23. The number of para-hydroxylation sites is 1. The van der Waals surface area contributed by atoms with Crippen LogP contribution < -0.4 is 10.2 Å². The number of carbonyl (C=O) groups is 4. The Balaban J connectivity index is 1.61. The summed E-state index contributed by atoms with van der Waals surface area (Å²) in [5, 5.41) is 6.87. The van der Waals surface area contributed by atoms with Crippen LogP contribution in [0.25, 0.3) is 0 Å². The SMILES string of the molecule is O=C1NC(=S)N(c2ccccc2)C(=O)[C@@H]1/C=N\N1C(=O)c2ccccc2C1=O. The maximum atomic E-state index is 12.8. The zero-order valence-electron chi connectivity index (χ0n) is 14.2. The van der Waals surface area contributed by atoms with Crippen LogP contribution >= 0.6 is 12.2 Å². The number of imide groups is 1. The van der Waals surface area contributed by atoms with Crippen molar-refractivity contribution in [3.8, 4) is 0 Å². The van der Waals surface area contributed by atoms with Crippen LogP contribution in [-0.2, 0) is 9.59 Å². The number of amides is 4. The minimum atomic E-state index is -1.34. The molecule has 1 saturated heterocycles. The summed E-state index contributed by atoms with van der Waals surface area (Å²) in [4.78, 5) is 51.0. The molecule has 2 aliphatic rings. The molecule has 0 aliphatic carbocycles. The number of nitrogens with one attached hydrogen (secondary N) is 1. The Bertz CT molecular complexity index is 1030. The molecule has 0 spiro atoms. The number of hydrogen-bond donors (Lipinski definition) is 1. The quantitative estimate of drug-likeness (QED) is 0.368. The Kier molecular flexibility index (Phi) is 4.28. The molecular formula is C19H12N4O4S. The fraction of sp³-hybridized carbons (Fsp3) is 0.0526. The van der Waals surface area contributed by atoms with Crippen molar-refractivity contribution in [3.05, 3.63) is 65.7 Å². The van der Waals surface area contributed by atoms with E-state index >= 15 is 0 Å². The highest BCUT2D eigenvalue weighted by atomic mass is 32.1. The molecule has 1 fully saturated rings. The first-order valence-electron chi connectivity index (χ1n) is 8.25. The van der Waals surface area contributed by atoms with Gasteiger partial charge < -0.3 is 5.32 Å². The number of thiocarbonyl (C=S) groups is 1. The summed E-state index contributed by atoms with van der Waals surface area (Å²) < 4.78 is 0. The molecule has 1 atom stereocenters. The minimum absolute atomic E-state index is 0.0495. The van der Waals surface area contributed by atoms with Crippen LogP contribution in [0.3, 0.4) is 0 Å². The molecule has 0 bridgehead atoms. The van der Waals surface area contributed by atoms with E-state index in [0.29, 0.717) is 10.7 Å². The Morgan fingerprint density at radius 3 is 2.07 bits per heavy atom. The Hall–Kier alpha value is -3.72. The van der Waals surface area contributed by atoms with Crippen molar-refractivity contribution in [2.45, 2.75) is 0 Å². The number of benzene rings is 2. The summed E-state index contributed by atoms with van der Waals surface area (Å²) in [7, 11) is 0. The zero-order valence-corrected chi connectivity index (χ0v) is 15.1. The van der Waals surface area contributed by atoms with Crippen molar-refractivity contribution in [1.29, 1.82) is 0 Å². The van der Waals surface area contributed by atoms with Gasteiger partial charge in [0.15, 0.2) is 11.0 Å². The summed E-state index contributed by atoms with van der Waals surface area (Å²) in [6.45, 7) is 0. The van der Waals surface area contributed by atoms with E-state index in [-0.39, 0.29) is 16.2 Å². The monoisotopic (exact) mass is 392 g/mol. The van der Waals surface area contributed by atoms with Crippen LogP contribution in [0.15, 0.2) is 59.7 Å². The third-order valence-corrected chi connectivity index (χ3v) is 4.60. The van der Waals surface area contributed by atoms with E-state index in [9.17, 15) is 19.2 Å².